The third-order valence-corrected chi connectivity index (χ3v) is 5.59. The predicted molar refractivity (Wildman–Crippen MR) is 90.9 cm³/mol. The van der Waals surface area contributed by atoms with Crippen LogP contribution in [-0.4, -0.2) is 56.9 Å². The molecule has 0 unspecified atom stereocenters. The topological polar surface area (TPSA) is 49.6 Å². The van der Waals surface area contributed by atoms with Gasteiger partial charge in [0.1, 0.15) is 6.33 Å². The fraction of sp³-hybridized carbons (Fsp3) is 0.706. The minimum Gasteiger partial charge on any atom is -0.368 e. The maximum atomic E-state index is 4.54. The number of aromatic nitrogens is 4. The first-order valence-electron chi connectivity index (χ1n) is 8.90. The zero-order chi connectivity index (χ0) is 15.8. The van der Waals surface area contributed by atoms with Crippen LogP contribution in [0, 0.1) is 13.8 Å². The van der Waals surface area contributed by atoms with E-state index in [2.05, 4.69) is 38.9 Å². The van der Waals surface area contributed by atoms with E-state index in [4.69, 9.17) is 0 Å². The quantitative estimate of drug-likeness (QED) is 0.850. The van der Waals surface area contributed by atoms with Crippen LogP contribution in [0.5, 0.6) is 0 Å². The lowest BCUT2D eigenvalue weighted by Gasteiger charge is -2.41. The van der Waals surface area contributed by atoms with Crippen molar-refractivity contribution in [2.75, 3.05) is 31.1 Å². The molecular weight excluding hydrogens is 288 g/mol. The van der Waals surface area contributed by atoms with E-state index in [1.807, 2.05) is 4.52 Å². The fourth-order valence-electron chi connectivity index (χ4n) is 4.15. The third kappa shape index (κ3) is 2.69. The molecule has 2 aliphatic heterocycles. The summed E-state index contributed by atoms with van der Waals surface area (Å²) in [7, 11) is 0. The number of nitrogens with zero attached hydrogens (tertiary/aromatic N) is 6. The second kappa shape index (κ2) is 6.07. The number of piperidine rings is 2. The number of hydrogen-bond acceptors (Lipinski definition) is 5. The number of rotatable bonds is 2. The number of aryl methyl sites for hydroxylation is 1. The van der Waals surface area contributed by atoms with Gasteiger partial charge in [-0.25, -0.2) is 0 Å². The monoisotopic (exact) mass is 314 g/mol. The second-order valence-electron chi connectivity index (χ2n) is 6.97. The molecule has 0 amide bonds. The Balaban J connectivity index is 1.54. The summed E-state index contributed by atoms with van der Waals surface area (Å²) in [6.45, 7) is 9.03. The largest absolute Gasteiger partial charge is 0.368 e. The molecule has 124 valence electrons. The normalized spacial score (nSPS) is 21.2. The molecule has 6 heteroatoms. The Labute approximate surface area is 137 Å². The summed E-state index contributed by atoms with van der Waals surface area (Å²) in [6, 6.07) is 0.767. The lowest BCUT2D eigenvalue weighted by Crippen LogP contribution is -2.47. The van der Waals surface area contributed by atoms with Gasteiger partial charge in [-0.15, -0.1) is 10.2 Å². The standard InChI is InChI=1S/C17H26N6/c1-13-14(2)20-23-12-18-19-17(23)16(13)22-10-6-15(7-11-22)21-8-4-3-5-9-21/h12,15H,3-11H2,1-2H3. The molecule has 0 radical (unpaired) electrons. The number of fused-ring (bicyclic) bond motifs is 1. The van der Waals surface area contributed by atoms with Crippen molar-refractivity contribution in [1.29, 1.82) is 0 Å². The molecule has 23 heavy (non-hydrogen) atoms. The maximum Gasteiger partial charge on any atom is 0.201 e. The molecule has 0 aromatic carbocycles. The maximum absolute atomic E-state index is 4.54. The minimum absolute atomic E-state index is 0.767. The van der Waals surface area contributed by atoms with Gasteiger partial charge in [0.2, 0.25) is 5.65 Å². The van der Waals surface area contributed by atoms with Gasteiger partial charge in [0.25, 0.3) is 0 Å². The first-order valence-corrected chi connectivity index (χ1v) is 8.90. The molecule has 2 aliphatic rings. The molecule has 4 heterocycles. The van der Waals surface area contributed by atoms with Gasteiger partial charge >= 0.3 is 0 Å². The number of likely N-dealkylation sites (tertiary alicyclic amines) is 1. The highest BCUT2D eigenvalue weighted by atomic mass is 15.4. The highest BCUT2D eigenvalue weighted by Gasteiger charge is 2.28. The van der Waals surface area contributed by atoms with Crippen LogP contribution in [0.4, 0.5) is 5.69 Å². The average molecular weight is 314 g/mol. The summed E-state index contributed by atoms with van der Waals surface area (Å²) >= 11 is 0. The zero-order valence-electron chi connectivity index (χ0n) is 14.2. The molecule has 0 saturated carbocycles. The Morgan fingerprint density at radius 2 is 1.74 bits per heavy atom. The molecule has 2 aromatic heterocycles. The van der Waals surface area contributed by atoms with Crippen LogP contribution in [-0.2, 0) is 0 Å². The van der Waals surface area contributed by atoms with Crippen molar-refractivity contribution in [3.63, 3.8) is 0 Å². The Morgan fingerprint density at radius 3 is 2.48 bits per heavy atom. The van der Waals surface area contributed by atoms with Crippen LogP contribution >= 0.6 is 0 Å². The van der Waals surface area contributed by atoms with Crippen molar-refractivity contribution < 1.29 is 0 Å². The molecule has 4 rings (SSSR count). The molecule has 2 aromatic rings. The molecule has 0 N–H and O–H groups in total. The van der Waals surface area contributed by atoms with E-state index >= 15 is 0 Å². The predicted octanol–water partition coefficient (Wildman–Crippen LogP) is 2.20. The summed E-state index contributed by atoms with van der Waals surface area (Å²) in [5.41, 5.74) is 4.42. The van der Waals surface area contributed by atoms with Gasteiger partial charge in [-0.3, -0.25) is 0 Å². The molecule has 6 nitrogen and oxygen atoms in total. The van der Waals surface area contributed by atoms with Crippen molar-refractivity contribution in [3.05, 3.63) is 17.6 Å². The Kier molecular flexibility index (Phi) is 3.93. The van der Waals surface area contributed by atoms with E-state index in [9.17, 15) is 0 Å². The second-order valence-corrected chi connectivity index (χ2v) is 6.97. The van der Waals surface area contributed by atoms with Crippen LogP contribution in [0.2, 0.25) is 0 Å². The van der Waals surface area contributed by atoms with E-state index in [0.29, 0.717) is 0 Å². The summed E-state index contributed by atoms with van der Waals surface area (Å²) in [5.74, 6) is 0. The lowest BCUT2D eigenvalue weighted by molar-refractivity contribution is 0.141. The smallest absolute Gasteiger partial charge is 0.201 e. The highest BCUT2D eigenvalue weighted by molar-refractivity contribution is 5.72. The third-order valence-electron chi connectivity index (χ3n) is 5.59. The van der Waals surface area contributed by atoms with E-state index in [1.165, 1.54) is 56.4 Å². The van der Waals surface area contributed by atoms with Crippen molar-refractivity contribution in [3.8, 4) is 0 Å². The highest BCUT2D eigenvalue weighted by Crippen LogP contribution is 2.30. The summed E-state index contributed by atoms with van der Waals surface area (Å²) < 4.78 is 1.81. The lowest BCUT2D eigenvalue weighted by atomic mass is 9.99. The summed E-state index contributed by atoms with van der Waals surface area (Å²) in [5, 5.41) is 12.9. The van der Waals surface area contributed by atoms with Gasteiger partial charge in [-0.2, -0.15) is 9.61 Å². The summed E-state index contributed by atoms with van der Waals surface area (Å²) in [6.07, 6.45) is 8.37. The summed E-state index contributed by atoms with van der Waals surface area (Å²) in [4.78, 5) is 5.21. The Hall–Kier alpha value is -1.69. The van der Waals surface area contributed by atoms with Crippen LogP contribution < -0.4 is 4.90 Å². The van der Waals surface area contributed by atoms with E-state index in [0.717, 1.165) is 30.5 Å². The first kappa shape index (κ1) is 14.9. The SMILES string of the molecule is Cc1nn2cnnc2c(N2CCC(N3CCCCC3)CC2)c1C. The van der Waals surface area contributed by atoms with Gasteiger partial charge in [0, 0.05) is 19.1 Å². The van der Waals surface area contributed by atoms with Gasteiger partial charge < -0.3 is 9.80 Å². The molecular formula is C17H26N6. The van der Waals surface area contributed by atoms with E-state index in [-0.39, 0.29) is 0 Å². The van der Waals surface area contributed by atoms with Gasteiger partial charge in [0.15, 0.2) is 0 Å². The molecule has 0 spiro atoms. The zero-order valence-corrected chi connectivity index (χ0v) is 14.2. The molecule has 2 fully saturated rings. The number of hydrogen-bond donors (Lipinski definition) is 0. The van der Waals surface area contributed by atoms with Crippen LogP contribution in [0.25, 0.3) is 5.65 Å². The molecule has 0 aliphatic carbocycles. The van der Waals surface area contributed by atoms with Crippen LogP contribution in [0.15, 0.2) is 6.33 Å². The fourth-order valence-corrected chi connectivity index (χ4v) is 4.15. The molecule has 0 atom stereocenters. The molecule has 0 bridgehead atoms. The van der Waals surface area contributed by atoms with Crippen molar-refractivity contribution in [2.24, 2.45) is 0 Å². The van der Waals surface area contributed by atoms with E-state index in [1.54, 1.807) is 6.33 Å². The van der Waals surface area contributed by atoms with Crippen LogP contribution in [0.3, 0.4) is 0 Å². The Morgan fingerprint density at radius 1 is 1.00 bits per heavy atom. The number of anilines is 1. The van der Waals surface area contributed by atoms with Gasteiger partial charge in [0.05, 0.1) is 11.4 Å². The van der Waals surface area contributed by atoms with Crippen molar-refractivity contribution >= 4 is 11.3 Å². The van der Waals surface area contributed by atoms with Crippen molar-refractivity contribution in [1.82, 2.24) is 24.7 Å². The van der Waals surface area contributed by atoms with E-state index < -0.39 is 0 Å². The minimum atomic E-state index is 0.767. The van der Waals surface area contributed by atoms with Crippen molar-refractivity contribution in [2.45, 2.75) is 52.0 Å². The average Bonchev–Trinajstić information content (AvgIpc) is 3.05. The van der Waals surface area contributed by atoms with Gasteiger partial charge in [-0.1, -0.05) is 6.42 Å². The molecule has 2 saturated heterocycles. The van der Waals surface area contributed by atoms with Gasteiger partial charge in [-0.05, 0) is 58.2 Å². The van der Waals surface area contributed by atoms with Crippen LogP contribution in [0.1, 0.15) is 43.4 Å². The first-order chi connectivity index (χ1) is 11.2. The Bertz CT molecular complexity index is 680.